The van der Waals surface area contributed by atoms with E-state index in [-0.39, 0.29) is 17.1 Å². The lowest BCUT2D eigenvalue weighted by atomic mass is 9.78. The highest BCUT2D eigenvalue weighted by Gasteiger charge is 2.39. The Morgan fingerprint density at radius 2 is 2.04 bits per heavy atom. The summed E-state index contributed by atoms with van der Waals surface area (Å²) in [5, 5.41) is 0. The van der Waals surface area contributed by atoms with Gasteiger partial charge in [-0.05, 0) is 37.7 Å². The van der Waals surface area contributed by atoms with Crippen LogP contribution in [-0.2, 0) is 9.53 Å². The highest BCUT2D eigenvalue weighted by atomic mass is 19.1. The van der Waals surface area contributed by atoms with Crippen molar-refractivity contribution in [2.45, 2.75) is 26.2 Å². The molecular weight excluding hydrogens is 347 g/mol. The number of nitrogens with two attached hydrogens (primary N) is 1. The fraction of sp³-hybridized carbons (Fsp3) is 0.500. The van der Waals surface area contributed by atoms with E-state index in [1.54, 1.807) is 32.2 Å². The van der Waals surface area contributed by atoms with Crippen LogP contribution in [0.2, 0.25) is 0 Å². The molecular formula is C20H27FN4O2. The molecule has 0 radical (unpaired) electrons. The van der Waals surface area contributed by atoms with Gasteiger partial charge in [0.15, 0.2) is 0 Å². The second kappa shape index (κ2) is 8.08. The number of hydrogen-bond acceptors (Lipinski definition) is 4. The minimum atomic E-state index is -0.348. The van der Waals surface area contributed by atoms with Crippen LogP contribution in [0.25, 0.3) is 5.57 Å². The fourth-order valence-corrected chi connectivity index (χ4v) is 3.74. The number of allylic oxidation sites excluding steroid dienone is 1. The molecule has 2 saturated heterocycles. The summed E-state index contributed by atoms with van der Waals surface area (Å²) in [5.41, 5.74) is 7.38. The van der Waals surface area contributed by atoms with Crippen molar-refractivity contribution >= 4 is 17.9 Å². The van der Waals surface area contributed by atoms with Gasteiger partial charge in [-0.2, -0.15) is 4.99 Å². The van der Waals surface area contributed by atoms with Gasteiger partial charge in [-0.15, -0.1) is 0 Å². The summed E-state index contributed by atoms with van der Waals surface area (Å²) < 4.78 is 19.6. The molecule has 0 atom stereocenters. The zero-order valence-electron chi connectivity index (χ0n) is 15.9. The van der Waals surface area contributed by atoms with E-state index in [4.69, 9.17) is 10.5 Å². The van der Waals surface area contributed by atoms with Gasteiger partial charge in [0, 0.05) is 37.9 Å². The smallest absolute Gasteiger partial charge is 0.216 e. The Bertz CT molecular complexity index is 746. The van der Waals surface area contributed by atoms with Crippen LogP contribution in [0.1, 0.15) is 31.7 Å². The van der Waals surface area contributed by atoms with Crippen LogP contribution < -0.4 is 5.73 Å². The molecule has 6 nitrogen and oxygen atoms in total. The van der Waals surface area contributed by atoms with Gasteiger partial charge in [-0.1, -0.05) is 18.2 Å². The molecule has 1 aromatic carbocycles. The van der Waals surface area contributed by atoms with Gasteiger partial charge in [-0.25, -0.2) is 4.39 Å². The molecule has 2 N–H and O–H groups in total. The normalized spacial score (nSPS) is 20.6. The zero-order chi connectivity index (χ0) is 19.4. The predicted molar refractivity (Wildman–Crippen MR) is 103 cm³/mol. The topological polar surface area (TPSA) is 71.2 Å². The molecule has 0 aromatic heterocycles. The first-order valence-electron chi connectivity index (χ1n) is 9.26. The Kier molecular flexibility index (Phi) is 5.79. The Morgan fingerprint density at radius 1 is 1.33 bits per heavy atom. The van der Waals surface area contributed by atoms with E-state index < -0.39 is 0 Å². The number of halogens is 1. The number of hydrogen-bond donors (Lipinski definition) is 1. The molecule has 0 saturated carbocycles. The Labute approximate surface area is 159 Å². The van der Waals surface area contributed by atoms with Crippen molar-refractivity contribution in [3.63, 3.8) is 0 Å². The van der Waals surface area contributed by atoms with E-state index in [0.717, 1.165) is 45.6 Å². The number of piperidine rings is 1. The van der Waals surface area contributed by atoms with E-state index in [2.05, 4.69) is 9.89 Å². The van der Waals surface area contributed by atoms with Crippen LogP contribution in [-0.4, -0.2) is 55.5 Å². The SMILES string of the molecule is C/C(=C(/N)N=C(N(C)C=O)N1CCC2(CCOC2)CC1)c1ccccc1F. The maximum atomic E-state index is 14.1. The molecule has 146 valence electrons. The van der Waals surface area contributed by atoms with Crippen molar-refractivity contribution in [3.05, 3.63) is 41.5 Å². The second-order valence-corrected chi connectivity index (χ2v) is 7.41. The number of nitrogens with zero attached hydrogens (tertiary/aromatic N) is 3. The van der Waals surface area contributed by atoms with E-state index in [1.165, 1.54) is 11.0 Å². The van der Waals surface area contributed by atoms with E-state index in [0.29, 0.717) is 23.5 Å². The molecule has 3 rings (SSSR count). The molecule has 0 aliphatic carbocycles. The zero-order valence-corrected chi connectivity index (χ0v) is 15.9. The third-order valence-electron chi connectivity index (χ3n) is 5.65. The predicted octanol–water partition coefficient (Wildman–Crippen LogP) is 2.42. The number of likely N-dealkylation sites (tertiary alicyclic amines) is 1. The van der Waals surface area contributed by atoms with Crippen LogP contribution in [0, 0.1) is 11.2 Å². The molecule has 1 aromatic rings. The number of rotatable bonds is 3. The van der Waals surface area contributed by atoms with E-state index in [1.807, 2.05) is 0 Å². The second-order valence-electron chi connectivity index (χ2n) is 7.41. The number of amides is 1. The minimum absolute atomic E-state index is 0.202. The van der Waals surface area contributed by atoms with Gasteiger partial charge in [0.2, 0.25) is 12.4 Å². The molecule has 27 heavy (non-hydrogen) atoms. The number of guanidine groups is 1. The average molecular weight is 374 g/mol. The lowest BCUT2D eigenvalue weighted by Crippen LogP contribution is -2.48. The largest absolute Gasteiger partial charge is 0.383 e. The van der Waals surface area contributed by atoms with E-state index in [9.17, 15) is 9.18 Å². The van der Waals surface area contributed by atoms with Gasteiger partial charge < -0.3 is 15.4 Å². The highest BCUT2D eigenvalue weighted by molar-refractivity contribution is 5.90. The monoisotopic (exact) mass is 374 g/mol. The maximum absolute atomic E-state index is 14.1. The van der Waals surface area contributed by atoms with Crippen LogP contribution >= 0.6 is 0 Å². The van der Waals surface area contributed by atoms with Crippen molar-refractivity contribution in [1.82, 2.24) is 9.80 Å². The third kappa shape index (κ3) is 4.13. The summed E-state index contributed by atoms with van der Waals surface area (Å²) in [4.78, 5) is 19.4. The first kappa shape index (κ1) is 19.4. The first-order chi connectivity index (χ1) is 13.0. The molecule has 2 fully saturated rings. The summed E-state index contributed by atoms with van der Waals surface area (Å²) >= 11 is 0. The standard InChI is InChI=1S/C20H27FN4O2/c1-15(16-5-3-4-6-17(16)21)18(22)23-19(24(2)14-26)25-10-7-20(8-11-25)9-12-27-13-20/h3-6,14H,7-13,22H2,1-2H3/b18-15+,23-19?. The first-order valence-corrected chi connectivity index (χ1v) is 9.26. The quantitative estimate of drug-likeness (QED) is 0.501. The van der Waals surface area contributed by atoms with Crippen LogP contribution in [0.5, 0.6) is 0 Å². The lowest BCUT2D eigenvalue weighted by Gasteiger charge is -2.40. The molecule has 1 spiro atoms. The number of carbonyl (C=O) groups is 1. The van der Waals surface area contributed by atoms with Gasteiger partial charge in [0.1, 0.15) is 11.6 Å². The van der Waals surface area contributed by atoms with Crippen LogP contribution in [0.3, 0.4) is 0 Å². The maximum Gasteiger partial charge on any atom is 0.216 e. The van der Waals surface area contributed by atoms with E-state index >= 15 is 0 Å². The van der Waals surface area contributed by atoms with Crippen molar-refractivity contribution < 1.29 is 13.9 Å². The van der Waals surface area contributed by atoms with Gasteiger partial charge in [-0.3, -0.25) is 9.69 Å². The van der Waals surface area contributed by atoms with Crippen LogP contribution in [0.4, 0.5) is 4.39 Å². The minimum Gasteiger partial charge on any atom is -0.383 e. The molecule has 0 bridgehead atoms. The number of aliphatic imine (C=N–C) groups is 1. The molecule has 2 aliphatic rings. The fourth-order valence-electron chi connectivity index (χ4n) is 3.74. The molecule has 1 amide bonds. The molecule has 2 aliphatic heterocycles. The lowest BCUT2D eigenvalue weighted by molar-refractivity contribution is -0.114. The van der Waals surface area contributed by atoms with Gasteiger partial charge in [0.25, 0.3) is 0 Å². The summed E-state index contributed by atoms with van der Waals surface area (Å²) in [6.07, 6.45) is 3.79. The Balaban J connectivity index is 1.85. The van der Waals surface area contributed by atoms with Crippen LogP contribution in [0.15, 0.2) is 35.1 Å². The highest BCUT2D eigenvalue weighted by Crippen LogP contribution is 2.39. The summed E-state index contributed by atoms with van der Waals surface area (Å²) in [6, 6.07) is 6.45. The molecule has 2 heterocycles. The van der Waals surface area contributed by atoms with Crippen molar-refractivity contribution in [1.29, 1.82) is 0 Å². The van der Waals surface area contributed by atoms with Crippen molar-refractivity contribution in [2.75, 3.05) is 33.4 Å². The number of carbonyl (C=O) groups excluding carboxylic acids is 1. The Morgan fingerprint density at radius 3 is 2.63 bits per heavy atom. The average Bonchev–Trinajstić information content (AvgIpc) is 3.14. The molecule has 7 heteroatoms. The Hall–Kier alpha value is -2.41. The summed E-state index contributed by atoms with van der Waals surface area (Å²) in [6.45, 7) is 4.94. The summed E-state index contributed by atoms with van der Waals surface area (Å²) in [5.74, 6) is 0.347. The van der Waals surface area contributed by atoms with Gasteiger partial charge in [0.05, 0.1) is 6.61 Å². The van der Waals surface area contributed by atoms with Gasteiger partial charge >= 0.3 is 0 Å². The number of benzene rings is 1. The summed E-state index contributed by atoms with van der Waals surface area (Å²) in [7, 11) is 1.65. The number of ether oxygens (including phenoxy) is 1. The van der Waals surface area contributed by atoms with Crippen molar-refractivity contribution in [2.24, 2.45) is 16.1 Å². The third-order valence-corrected chi connectivity index (χ3v) is 5.65. The molecule has 0 unspecified atom stereocenters. The van der Waals surface area contributed by atoms with Crippen molar-refractivity contribution in [3.8, 4) is 0 Å².